The van der Waals surface area contributed by atoms with E-state index in [-0.39, 0.29) is 0 Å². The Morgan fingerprint density at radius 1 is 1.18 bits per heavy atom. The summed E-state index contributed by atoms with van der Waals surface area (Å²) in [7, 11) is 1.67. The van der Waals surface area contributed by atoms with Crippen LogP contribution in [0.5, 0.6) is 5.75 Å². The van der Waals surface area contributed by atoms with E-state index in [0.717, 1.165) is 17.0 Å². The van der Waals surface area contributed by atoms with Crippen molar-refractivity contribution in [1.29, 1.82) is 0 Å². The summed E-state index contributed by atoms with van der Waals surface area (Å²) in [5, 5.41) is 7.01. The van der Waals surface area contributed by atoms with Gasteiger partial charge >= 0.3 is 0 Å². The minimum atomic E-state index is 0.622. The first-order valence-electron chi connectivity index (χ1n) is 5.33. The molecule has 0 bridgehead atoms. The van der Waals surface area contributed by atoms with E-state index in [9.17, 15) is 0 Å². The number of hydrogen-bond donors (Lipinski definition) is 1. The first-order valence-corrected chi connectivity index (χ1v) is 5.74. The predicted molar refractivity (Wildman–Crippen MR) is 70.9 cm³/mol. The number of benzene rings is 1. The Morgan fingerprint density at radius 2 is 1.88 bits per heavy atom. The maximum atomic E-state index is 5.39. The predicted octanol–water partition coefficient (Wildman–Crippen LogP) is 3.43. The molecule has 0 spiro atoms. The molecule has 0 atom stereocenters. The van der Waals surface area contributed by atoms with Crippen LogP contribution in [-0.2, 0) is 0 Å². The third kappa shape index (κ3) is 2.36. The lowest BCUT2D eigenvalue weighted by atomic mass is 10.0. The monoisotopic (exact) mass is 246 g/mol. The Kier molecular flexibility index (Phi) is 3.24. The van der Waals surface area contributed by atoms with Crippen LogP contribution in [0.15, 0.2) is 24.3 Å². The molecular weight excluding hydrogens is 232 g/mol. The molecule has 1 heterocycles. The molecule has 0 aliphatic rings. The molecule has 0 saturated carbocycles. The normalized spacial score (nSPS) is 10.3. The number of rotatable bonds is 2. The fraction of sp³-hybridized carbons (Fsp3) is 0.231. The third-order valence-corrected chi connectivity index (χ3v) is 3.00. The highest BCUT2D eigenvalue weighted by Crippen LogP contribution is 2.30. The lowest BCUT2D eigenvalue weighted by Crippen LogP contribution is -1.94. The topological polar surface area (TPSA) is 37.9 Å². The molecule has 2 aromatic rings. The standard InChI is InChI=1S/C13H14N2OS/c1-8-6-10(12(16-3)7-9(8)2)11-4-5-13(17)15-14-11/h4-7H,1-3H3,(H,15,17). The molecule has 2 rings (SSSR count). The van der Waals surface area contributed by atoms with E-state index < -0.39 is 0 Å². The fourth-order valence-electron chi connectivity index (χ4n) is 1.65. The summed E-state index contributed by atoms with van der Waals surface area (Å²) in [6, 6.07) is 7.82. The van der Waals surface area contributed by atoms with E-state index in [1.165, 1.54) is 11.1 Å². The molecule has 17 heavy (non-hydrogen) atoms. The number of nitrogens with zero attached hydrogens (tertiary/aromatic N) is 1. The number of aromatic amines is 1. The van der Waals surface area contributed by atoms with Crippen molar-refractivity contribution in [3.05, 3.63) is 40.0 Å². The summed E-state index contributed by atoms with van der Waals surface area (Å²) in [5.41, 5.74) is 4.22. The molecule has 0 radical (unpaired) electrons. The van der Waals surface area contributed by atoms with Crippen LogP contribution in [-0.4, -0.2) is 17.3 Å². The SMILES string of the molecule is COc1cc(C)c(C)cc1-c1ccc(=S)[nH]n1. The van der Waals surface area contributed by atoms with Crippen LogP contribution in [0.2, 0.25) is 0 Å². The molecule has 1 N–H and O–H groups in total. The first-order chi connectivity index (χ1) is 8.11. The number of nitrogens with one attached hydrogen (secondary N) is 1. The smallest absolute Gasteiger partial charge is 0.128 e. The second-order valence-corrected chi connectivity index (χ2v) is 4.38. The van der Waals surface area contributed by atoms with Gasteiger partial charge in [0.25, 0.3) is 0 Å². The second-order valence-electron chi connectivity index (χ2n) is 3.94. The molecule has 0 aliphatic heterocycles. The largest absolute Gasteiger partial charge is 0.496 e. The summed E-state index contributed by atoms with van der Waals surface area (Å²) in [5.74, 6) is 0.825. The zero-order valence-electron chi connectivity index (χ0n) is 10.1. The highest BCUT2D eigenvalue weighted by Gasteiger charge is 2.09. The van der Waals surface area contributed by atoms with E-state index in [1.54, 1.807) is 7.11 Å². The van der Waals surface area contributed by atoms with Crippen LogP contribution in [0.4, 0.5) is 0 Å². The first kappa shape index (κ1) is 11.8. The van der Waals surface area contributed by atoms with Crippen molar-refractivity contribution in [2.75, 3.05) is 7.11 Å². The molecule has 3 nitrogen and oxygen atoms in total. The van der Waals surface area contributed by atoms with E-state index in [4.69, 9.17) is 17.0 Å². The van der Waals surface area contributed by atoms with Gasteiger partial charge in [-0.15, -0.1) is 0 Å². The van der Waals surface area contributed by atoms with Crippen molar-refractivity contribution >= 4 is 12.2 Å². The molecular formula is C13H14N2OS. The van der Waals surface area contributed by atoms with E-state index in [2.05, 4.69) is 30.1 Å². The van der Waals surface area contributed by atoms with E-state index in [0.29, 0.717) is 4.64 Å². The van der Waals surface area contributed by atoms with E-state index in [1.807, 2.05) is 18.2 Å². The number of methoxy groups -OCH3 is 1. The van der Waals surface area contributed by atoms with Crippen LogP contribution in [0, 0.1) is 18.5 Å². The van der Waals surface area contributed by atoms with Gasteiger partial charge in [0, 0.05) is 5.56 Å². The molecule has 0 saturated heterocycles. The highest BCUT2D eigenvalue weighted by molar-refractivity contribution is 7.71. The van der Waals surface area contributed by atoms with Crippen LogP contribution in [0.25, 0.3) is 11.3 Å². The quantitative estimate of drug-likeness (QED) is 0.825. The number of aromatic nitrogens is 2. The molecule has 0 unspecified atom stereocenters. The van der Waals surface area contributed by atoms with Gasteiger partial charge in [-0.05, 0) is 49.2 Å². The summed E-state index contributed by atoms with van der Waals surface area (Å²) >= 11 is 4.98. The minimum absolute atomic E-state index is 0.622. The summed E-state index contributed by atoms with van der Waals surface area (Å²) in [6.45, 7) is 4.14. The number of hydrogen-bond acceptors (Lipinski definition) is 3. The van der Waals surface area contributed by atoms with Gasteiger partial charge < -0.3 is 4.74 Å². The van der Waals surface area contributed by atoms with Crippen LogP contribution < -0.4 is 4.74 Å². The van der Waals surface area contributed by atoms with Gasteiger partial charge in [0.05, 0.1) is 12.8 Å². The lowest BCUT2D eigenvalue weighted by molar-refractivity contribution is 0.416. The molecule has 1 aromatic carbocycles. The molecule has 0 fully saturated rings. The van der Waals surface area contributed by atoms with Gasteiger partial charge in [0.15, 0.2) is 0 Å². The Hall–Kier alpha value is -1.68. The zero-order chi connectivity index (χ0) is 12.4. The number of aryl methyl sites for hydroxylation is 2. The Labute approximate surface area is 105 Å². The maximum Gasteiger partial charge on any atom is 0.128 e. The second kappa shape index (κ2) is 4.67. The maximum absolute atomic E-state index is 5.39. The van der Waals surface area contributed by atoms with Gasteiger partial charge in [0.1, 0.15) is 10.4 Å². The summed E-state index contributed by atoms with van der Waals surface area (Å²) < 4.78 is 6.01. The van der Waals surface area contributed by atoms with Crippen molar-refractivity contribution in [2.24, 2.45) is 0 Å². The van der Waals surface area contributed by atoms with Crippen molar-refractivity contribution in [1.82, 2.24) is 10.2 Å². The van der Waals surface area contributed by atoms with E-state index >= 15 is 0 Å². The minimum Gasteiger partial charge on any atom is -0.496 e. The molecule has 88 valence electrons. The molecule has 0 aliphatic carbocycles. The van der Waals surface area contributed by atoms with Crippen molar-refractivity contribution in [3.63, 3.8) is 0 Å². The van der Waals surface area contributed by atoms with Gasteiger partial charge in [-0.25, -0.2) is 0 Å². The van der Waals surface area contributed by atoms with Gasteiger partial charge in [-0.2, -0.15) is 5.10 Å². The van der Waals surface area contributed by atoms with Gasteiger partial charge in [0.2, 0.25) is 0 Å². The highest BCUT2D eigenvalue weighted by atomic mass is 32.1. The fourth-order valence-corrected chi connectivity index (χ4v) is 1.77. The van der Waals surface area contributed by atoms with Crippen LogP contribution in [0.3, 0.4) is 0 Å². The van der Waals surface area contributed by atoms with Crippen molar-refractivity contribution < 1.29 is 4.74 Å². The van der Waals surface area contributed by atoms with Gasteiger partial charge in [-0.1, -0.05) is 12.2 Å². The Balaban J connectivity index is 2.61. The average Bonchev–Trinajstić information content (AvgIpc) is 2.33. The molecule has 4 heteroatoms. The Morgan fingerprint density at radius 3 is 2.47 bits per heavy atom. The van der Waals surface area contributed by atoms with Gasteiger partial charge in [-0.3, -0.25) is 5.10 Å². The Bertz CT molecular complexity index is 584. The number of H-pyrrole nitrogens is 1. The summed E-state index contributed by atoms with van der Waals surface area (Å²) in [6.07, 6.45) is 0. The van der Waals surface area contributed by atoms with Crippen molar-refractivity contribution in [3.8, 4) is 17.0 Å². The molecule has 0 amide bonds. The summed E-state index contributed by atoms with van der Waals surface area (Å²) in [4.78, 5) is 0. The van der Waals surface area contributed by atoms with Crippen LogP contribution in [0.1, 0.15) is 11.1 Å². The van der Waals surface area contributed by atoms with Crippen molar-refractivity contribution in [2.45, 2.75) is 13.8 Å². The third-order valence-electron chi connectivity index (χ3n) is 2.77. The molecule has 1 aromatic heterocycles. The zero-order valence-corrected chi connectivity index (χ0v) is 10.9. The van der Waals surface area contributed by atoms with Crippen LogP contribution >= 0.6 is 12.2 Å². The lowest BCUT2D eigenvalue weighted by Gasteiger charge is -2.10. The number of ether oxygens (including phenoxy) is 1. The average molecular weight is 246 g/mol.